The van der Waals surface area contributed by atoms with Crippen molar-refractivity contribution in [1.82, 2.24) is 9.88 Å². The number of rotatable bonds is 7. The van der Waals surface area contributed by atoms with Crippen molar-refractivity contribution in [1.29, 1.82) is 0 Å². The van der Waals surface area contributed by atoms with E-state index in [0.29, 0.717) is 22.3 Å². The van der Waals surface area contributed by atoms with E-state index in [-0.39, 0.29) is 5.91 Å². The van der Waals surface area contributed by atoms with Gasteiger partial charge in [-0.05, 0) is 67.6 Å². The van der Waals surface area contributed by atoms with Gasteiger partial charge in [-0.25, -0.2) is 4.98 Å². The highest BCUT2D eigenvalue weighted by Crippen LogP contribution is 2.23. The van der Waals surface area contributed by atoms with Gasteiger partial charge in [0.1, 0.15) is 5.82 Å². The summed E-state index contributed by atoms with van der Waals surface area (Å²) in [5.41, 5.74) is 1.47. The Bertz CT molecular complexity index is 954. The van der Waals surface area contributed by atoms with Gasteiger partial charge in [0.2, 0.25) is 0 Å². The smallest absolute Gasteiger partial charge is 0.258 e. The van der Waals surface area contributed by atoms with Crippen LogP contribution in [0.5, 0.6) is 0 Å². The summed E-state index contributed by atoms with van der Waals surface area (Å²) in [7, 11) is 0. The Morgan fingerprint density at radius 2 is 1.97 bits per heavy atom. The molecule has 3 heterocycles. The van der Waals surface area contributed by atoms with Crippen LogP contribution in [0.1, 0.15) is 28.1 Å². The summed E-state index contributed by atoms with van der Waals surface area (Å²) in [5, 5.41) is 9.02. The molecule has 0 saturated carbocycles. The summed E-state index contributed by atoms with van der Waals surface area (Å²) >= 11 is 7.69. The van der Waals surface area contributed by atoms with E-state index < -0.39 is 0 Å². The quantitative estimate of drug-likeness (QED) is 0.518. The van der Waals surface area contributed by atoms with E-state index in [1.54, 1.807) is 12.1 Å². The van der Waals surface area contributed by atoms with E-state index in [2.05, 4.69) is 38.0 Å². The van der Waals surface area contributed by atoms with Gasteiger partial charge in [0.15, 0.2) is 0 Å². The zero-order chi connectivity index (χ0) is 20.8. The molecule has 2 N–H and O–H groups in total. The van der Waals surface area contributed by atoms with Crippen LogP contribution in [0.15, 0.2) is 60.1 Å². The van der Waals surface area contributed by atoms with Crippen LogP contribution < -0.4 is 10.6 Å². The summed E-state index contributed by atoms with van der Waals surface area (Å²) in [6.07, 6.45) is 3.86. The van der Waals surface area contributed by atoms with Crippen molar-refractivity contribution in [3.8, 4) is 0 Å². The fourth-order valence-corrected chi connectivity index (χ4v) is 4.55. The zero-order valence-electron chi connectivity index (χ0n) is 16.7. The van der Waals surface area contributed by atoms with E-state index >= 15 is 0 Å². The number of para-hydroxylation sites is 1. The summed E-state index contributed by atoms with van der Waals surface area (Å²) in [6, 6.07) is 15.3. The number of nitrogens with zero attached hydrogens (tertiary/aromatic N) is 2. The predicted octanol–water partition coefficient (Wildman–Crippen LogP) is 5.37. The average Bonchev–Trinajstić information content (AvgIpc) is 3.28. The Balaban J connectivity index is 1.30. The molecule has 156 valence electrons. The molecule has 5 nitrogen and oxygen atoms in total. The maximum absolute atomic E-state index is 12.7. The number of amides is 1. The molecule has 0 bridgehead atoms. The second-order valence-corrected chi connectivity index (χ2v) is 9.01. The molecule has 2 aromatic heterocycles. The summed E-state index contributed by atoms with van der Waals surface area (Å²) in [5.74, 6) is 0.912. The summed E-state index contributed by atoms with van der Waals surface area (Å²) < 4.78 is 0. The molecule has 7 heteroatoms. The first-order valence-electron chi connectivity index (χ1n) is 10.2. The molecule has 3 aromatic rings. The molecule has 30 heavy (non-hydrogen) atoms. The highest BCUT2D eigenvalue weighted by atomic mass is 35.5. The van der Waals surface area contributed by atoms with E-state index in [1.165, 1.54) is 23.9 Å². The van der Waals surface area contributed by atoms with E-state index in [1.807, 2.05) is 35.6 Å². The average molecular weight is 441 g/mol. The van der Waals surface area contributed by atoms with Gasteiger partial charge >= 0.3 is 0 Å². The van der Waals surface area contributed by atoms with E-state index in [9.17, 15) is 4.79 Å². The molecule has 0 radical (unpaired) electrons. The molecule has 0 spiro atoms. The van der Waals surface area contributed by atoms with Gasteiger partial charge in [-0.2, -0.15) is 0 Å². The van der Waals surface area contributed by atoms with Crippen molar-refractivity contribution in [2.75, 3.05) is 30.3 Å². The van der Waals surface area contributed by atoms with Crippen molar-refractivity contribution in [3.63, 3.8) is 0 Å². The van der Waals surface area contributed by atoms with Crippen molar-refractivity contribution in [2.45, 2.75) is 19.4 Å². The molecule has 1 fully saturated rings. The number of aromatic nitrogens is 1. The molecule has 0 aliphatic carbocycles. The van der Waals surface area contributed by atoms with Crippen LogP contribution in [0.2, 0.25) is 5.02 Å². The molecule has 0 atom stereocenters. The van der Waals surface area contributed by atoms with Gasteiger partial charge in [-0.3, -0.25) is 9.69 Å². The molecule has 0 unspecified atom stereocenters. The second-order valence-electron chi connectivity index (χ2n) is 7.54. The highest BCUT2D eigenvalue weighted by Gasteiger charge is 2.20. The predicted molar refractivity (Wildman–Crippen MR) is 124 cm³/mol. The van der Waals surface area contributed by atoms with Gasteiger partial charge in [0.25, 0.3) is 5.91 Å². The van der Waals surface area contributed by atoms with Crippen molar-refractivity contribution >= 4 is 40.4 Å². The lowest BCUT2D eigenvalue weighted by molar-refractivity contribution is 0.102. The first kappa shape index (κ1) is 20.8. The standard InChI is InChI=1S/C23H25ClN4OS/c24-18-7-8-22(26-15-18)27-23(29)20-5-1-2-6-21(20)25-14-17-9-11-28(12-10-17)16-19-4-3-13-30-19/h1-8,13,15,17,25H,9-12,14,16H2,(H,26,27,29). The number of hydrogen-bond acceptors (Lipinski definition) is 5. The Morgan fingerprint density at radius 1 is 1.13 bits per heavy atom. The minimum atomic E-state index is -0.182. The molecule has 4 rings (SSSR count). The Morgan fingerprint density at radius 3 is 2.70 bits per heavy atom. The van der Waals surface area contributed by atoms with Crippen LogP contribution >= 0.6 is 22.9 Å². The Labute approximate surface area is 186 Å². The van der Waals surface area contributed by atoms with Gasteiger partial charge in [-0.1, -0.05) is 29.8 Å². The third-order valence-corrected chi connectivity index (χ3v) is 6.47. The number of likely N-dealkylation sites (tertiary alicyclic amines) is 1. The molecular formula is C23H25ClN4OS. The maximum Gasteiger partial charge on any atom is 0.258 e. The summed E-state index contributed by atoms with van der Waals surface area (Å²) in [4.78, 5) is 20.8. The van der Waals surface area contributed by atoms with Crippen molar-refractivity contribution in [2.24, 2.45) is 5.92 Å². The number of piperidine rings is 1. The lowest BCUT2D eigenvalue weighted by atomic mass is 9.96. The fraction of sp³-hybridized carbons (Fsp3) is 0.304. The molecule has 1 saturated heterocycles. The molecule has 1 aliphatic heterocycles. The van der Waals surface area contributed by atoms with Crippen molar-refractivity contribution < 1.29 is 4.79 Å². The van der Waals surface area contributed by atoms with Crippen LogP contribution in [-0.2, 0) is 6.54 Å². The van der Waals surface area contributed by atoms with Crippen LogP contribution in [0.3, 0.4) is 0 Å². The fourth-order valence-electron chi connectivity index (χ4n) is 3.69. The van der Waals surface area contributed by atoms with Crippen molar-refractivity contribution in [3.05, 3.63) is 75.6 Å². The number of hydrogen-bond donors (Lipinski definition) is 2. The normalized spacial score (nSPS) is 15.1. The van der Waals surface area contributed by atoms with Gasteiger partial charge < -0.3 is 10.6 Å². The number of benzene rings is 1. The van der Waals surface area contributed by atoms with Crippen LogP contribution in [-0.4, -0.2) is 35.4 Å². The highest BCUT2D eigenvalue weighted by molar-refractivity contribution is 7.09. The minimum Gasteiger partial charge on any atom is -0.384 e. The SMILES string of the molecule is O=C(Nc1ccc(Cl)cn1)c1ccccc1NCC1CCN(Cc2cccs2)CC1. The second kappa shape index (κ2) is 10.1. The lowest BCUT2D eigenvalue weighted by Crippen LogP contribution is -2.35. The van der Waals surface area contributed by atoms with E-state index in [4.69, 9.17) is 11.6 Å². The van der Waals surface area contributed by atoms with Gasteiger partial charge in [-0.15, -0.1) is 11.3 Å². The van der Waals surface area contributed by atoms with E-state index in [0.717, 1.165) is 31.9 Å². The van der Waals surface area contributed by atoms with Gasteiger partial charge in [0, 0.05) is 29.9 Å². The van der Waals surface area contributed by atoms with Crippen LogP contribution in [0.4, 0.5) is 11.5 Å². The molecule has 1 amide bonds. The third-order valence-electron chi connectivity index (χ3n) is 5.39. The Hall–Kier alpha value is -2.41. The maximum atomic E-state index is 12.7. The monoisotopic (exact) mass is 440 g/mol. The number of halogens is 1. The zero-order valence-corrected chi connectivity index (χ0v) is 18.3. The minimum absolute atomic E-state index is 0.182. The van der Waals surface area contributed by atoms with Gasteiger partial charge in [0.05, 0.1) is 10.6 Å². The lowest BCUT2D eigenvalue weighted by Gasteiger charge is -2.32. The van der Waals surface area contributed by atoms with Crippen LogP contribution in [0, 0.1) is 5.92 Å². The Kier molecular flexibility index (Phi) is 7.00. The molecule has 1 aromatic carbocycles. The number of carbonyl (C=O) groups is 1. The molecular weight excluding hydrogens is 416 g/mol. The third kappa shape index (κ3) is 5.59. The first-order chi connectivity index (χ1) is 14.7. The largest absolute Gasteiger partial charge is 0.384 e. The topological polar surface area (TPSA) is 57.3 Å². The molecule has 1 aliphatic rings. The first-order valence-corrected chi connectivity index (χ1v) is 11.4. The number of nitrogens with one attached hydrogen (secondary N) is 2. The summed E-state index contributed by atoms with van der Waals surface area (Å²) in [6.45, 7) is 4.17. The number of pyridine rings is 1. The number of thiophene rings is 1. The number of anilines is 2. The van der Waals surface area contributed by atoms with Crippen LogP contribution in [0.25, 0.3) is 0 Å². The number of carbonyl (C=O) groups excluding carboxylic acids is 1.